The number of halogens is 4. The maximum absolute atomic E-state index is 5.93. The van der Waals surface area contributed by atoms with Gasteiger partial charge in [-0.25, -0.2) is 0 Å². The van der Waals surface area contributed by atoms with Crippen molar-refractivity contribution in [3.63, 3.8) is 0 Å². The zero-order valence-electron chi connectivity index (χ0n) is 29.6. The molecule has 0 rings (SSSR count). The molecule has 0 aromatic heterocycles. The summed E-state index contributed by atoms with van der Waals surface area (Å²) >= 11 is 23.5. The third kappa shape index (κ3) is 43.4. The largest absolute Gasteiger partial charge is 0.341 e. The Hall–Kier alpha value is 1.38. The quantitative estimate of drug-likeness (QED) is 0.0257. The van der Waals surface area contributed by atoms with E-state index in [1.165, 1.54) is 231 Å². The molecule has 0 aliphatic rings. The molecule has 0 heterocycles. The van der Waals surface area contributed by atoms with Crippen molar-refractivity contribution in [3.8, 4) is 0 Å². The maximum Gasteiger partial charge on any atom is 0.341 e. The van der Waals surface area contributed by atoms with Gasteiger partial charge >= 0.3 is 6.00 Å². The topological polar surface area (TPSA) is 0 Å². The molecule has 0 unspecified atom stereocenters. The number of rotatable bonds is 39. The van der Waals surface area contributed by atoms with E-state index in [1.807, 2.05) is 0 Å². The van der Waals surface area contributed by atoms with Crippen molar-refractivity contribution in [2.45, 2.75) is 244 Å². The third-order valence-electron chi connectivity index (χ3n) is 9.59. The van der Waals surface area contributed by atoms with Crippen LogP contribution in [0.4, 0.5) is 0 Å². The van der Waals surface area contributed by atoms with Crippen molar-refractivity contribution in [2.24, 2.45) is 0 Å². The molecule has 0 bridgehead atoms. The summed E-state index contributed by atoms with van der Waals surface area (Å²) in [5.74, 6) is 0.843. The second-order valence-corrected chi connectivity index (χ2v) is 23.8. The molecular weight excluding hydrogens is 638 g/mol. The van der Waals surface area contributed by atoms with Crippen LogP contribution in [-0.4, -0.2) is 11.9 Å². The molecule has 0 aromatic carbocycles. The highest BCUT2D eigenvalue weighted by Crippen LogP contribution is 2.27. The van der Waals surface area contributed by atoms with E-state index in [1.54, 1.807) is 0 Å². The van der Waals surface area contributed by atoms with E-state index in [0.29, 0.717) is 0 Å². The Bertz CT molecular complexity index is 511. The average Bonchev–Trinajstić information content (AvgIpc) is 3.00. The summed E-state index contributed by atoms with van der Waals surface area (Å²) in [4.78, 5) is 0. The minimum absolute atomic E-state index is 0.829. The van der Waals surface area contributed by atoms with Crippen LogP contribution in [0.15, 0.2) is 0 Å². The normalized spacial score (nSPS) is 12.0. The predicted molar refractivity (Wildman–Crippen MR) is 210 cm³/mol. The van der Waals surface area contributed by atoms with Gasteiger partial charge in [-0.2, -0.15) is 0 Å². The van der Waals surface area contributed by atoms with E-state index in [4.69, 9.17) is 44.8 Å². The lowest BCUT2D eigenvalue weighted by molar-refractivity contribution is 0.510. The van der Waals surface area contributed by atoms with Gasteiger partial charge in [0.05, 0.1) is 0 Å². The first-order chi connectivity index (χ1) is 21.6. The van der Waals surface area contributed by atoms with E-state index in [9.17, 15) is 0 Å². The molecule has 5 heteroatoms. The van der Waals surface area contributed by atoms with Crippen LogP contribution in [0.1, 0.15) is 238 Å². The zero-order valence-corrected chi connectivity index (χ0v) is 33.6. The Morgan fingerprint density at radius 3 is 0.477 bits per heavy atom. The fourth-order valence-electron chi connectivity index (χ4n) is 6.61. The molecule has 0 nitrogen and oxygen atoms in total. The standard InChI is InChI=1S/C39H78Cl4Si/c40-38-36-34-32-30-28-26-24-22-20-18-16-14-12-10-8-6-4-2-1-3-5-7-9-11-13-15-17-19-21-23-25-27-29-31-33-35-37-39-44(41,42)43/h1-39H2. The number of alkyl halides is 1. The highest BCUT2D eigenvalue weighted by molar-refractivity contribution is 7.64. The summed E-state index contributed by atoms with van der Waals surface area (Å²) in [6.45, 7) is 0. The Balaban J connectivity index is 3.05. The molecule has 0 aromatic rings. The van der Waals surface area contributed by atoms with Gasteiger partial charge in [0, 0.05) is 5.88 Å². The monoisotopic (exact) mass is 714 g/mol. The third-order valence-corrected chi connectivity index (χ3v) is 12.5. The van der Waals surface area contributed by atoms with Crippen molar-refractivity contribution >= 4 is 50.8 Å². The van der Waals surface area contributed by atoms with E-state index in [-0.39, 0.29) is 0 Å². The molecule has 0 aliphatic heterocycles. The molecule has 0 fully saturated rings. The smallest absolute Gasteiger partial charge is 0.127 e. The molecule has 0 spiro atoms. The summed E-state index contributed by atoms with van der Waals surface area (Å²) in [6, 6.07) is -1.54. The Morgan fingerprint density at radius 1 is 0.205 bits per heavy atom. The van der Waals surface area contributed by atoms with Gasteiger partial charge in [0.2, 0.25) is 0 Å². The second-order valence-electron chi connectivity index (χ2n) is 14.1. The predicted octanol–water partition coefficient (Wildman–Crippen LogP) is 17.3. The molecule has 44 heavy (non-hydrogen) atoms. The van der Waals surface area contributed by atoms with Crippen LogP contribution in [0.3, 0.4) is 0 Å². The fraction of sp³-hybridized carbons (Fsp3) is 1.00. The van der Waals surface area contributed by atoms with Crippen LogP contribution in [0.25, 0.3) is 0 Å². The summed E-state index contributed by atoms with van der Waals surface area (Å²) in [5.41, 5.74) is 0. The Kier molecular flexibility index (Phi) is 40.0. The van der Waals surface area contributed by atoms with Crippen LogP contribution < -0.4 is 0 Å². The second kappa shape index (κ2) is 38.8. The Morgan fingerprint density at radius 2 is 0.341 bits per heavy atom. The van der Waals surface area contributed by atoms with Crippen LogP contribution in [0, 0.1) is 0 Å². The first-order valence-corrected chi connectivity index (χ1v) is 26.0. The van der Waals surface area contributed by atoms with E-state index in [2.05, 4.69) is 0 Å². The number of unbranched alkanes of at least 4 members (excludes halogenated alkanes) is 36. The lowest BCUT2D eigenvalue weighted by Gasteiger charge is -2.07. The fourth-order valence-corrected chi connectivity index (χ4v) is 8.65. The minimum atomic E-state index is -2.37. The first-order valence-electron chi connectivity index (χ1n) is 20.2. The van der Waals surface area contributed by atoms with Gasteiger partial charge in [-0.15, -0.1) is 44.8 Å². The molecule has 0 saturated carbocycles. The van der Waals surface area contributed by atoms with Crippen LogP contribution in [0.2, 0.25) is 6.04 Å². The molecule has 266 valence electrons. The first kappa shape index (κ1) is 45.4. The van der Waals surface area contributed by atoms with Gasteiger partial charge in [-0.05, 0) is 12.5 Å². The van der Waals surface area contributed by atoms with E-state index < -0.39 is 6.00 Å². The van der Waals surface area contributed by atoms with E-state index >= 15 is 0 Å². The van der Waals surface area contributed by atoms with Gasteiger partial charge in [0.25, 0.3) is 0 Å². The molecule has 0 N–H and O–H groups in total. The van der Waals surface area contributed by atoms with Gasteiger partial charge in [0.15, 0.2) is 0 Å². The average molecular weight is 717 g/mol. The van der Waals surface area contributed by atoms with Gasteiger partial charge in [0.1, 0.15) is 0 Å². The van der Waals surface area contributed by atoms with Gasteiger partial charge in [-0.3, -0.25) is 0 Å². The molecule has 0 atom stereocenters. The molecule has 0 amide bonds. The molecule has 0 radical (unpaired) electrons. The van der Waals surface area contributed by atoms with Crippen molar-refractivity contribution in [2.75, 3.05) is 5.88 Å². The number of hydrogen-bond donors (Lipinski definition) is 0. The van der Waals surface area contributed by atoms with Crippen molar-refractivity contribution in [1.82, 2.24) is 0 Å². The van der Waals surface area contributed by atoms with Crippen molar-refractivity contribution in [3.05, 3.63) is 0 Å². The molecular formula is C39H78Cl4Si. The lowest BCUT2D eigenvalue weighted by Crippen LogP contribution is -2.07. The van der Waals surface area contributed by atoms with Gasteiger partial charge < -0.3 is 0 Å². The Labute approximate surface area is 298 Å². The van der Waals surface area contributed by atoms with Crippen molar-refractivity contribution in [1.29, 1.82) is 0 Å². The SMILES string of the molecule is ClCCCCCCCCCCCCCCCCCCCCCCCCCCCCCCCCCCCCCCC[Si](Cl)(Cl)Cl. The number of hydrogen-bond acceptors (Lipinski definition) is 0. The molecule has 0 aliphatic carbocycles. The summed E-state index contributed by atoms with van der Waals surface area (Å²) in [5, 5.41) is 0. The van der Waals surface area contributed by atoms with Gasteiger partial charge in [-0.1, -0.05) is 231 Å². The lowest BCUT2D eigenvalue weighted by atomic mass is 10.0. The van der Waals surface area contributed by atoms with E-state index in [0.717, 1.165) is 18.3 Å². The summed E-state index contributed by atoms with van der Waals surface area (Å²) in [7, 11) is 0. The minimum Gasteiger partial charge on any atom is -0.127 e. The highest BCUT2D eigenvalue weighted by Gasteiger charge is 2.23. The highest BCUT2D eigenvalue weighted by atomic mass is 35.8. The summed E-state index contributed by atoms with van der Waals surface area (Å²) in [6.07, 6.45) is 52.8. The van der Waals surface area contributed by atoms with Crippen LogP contribution in [0.5, 0.6) is 0 Å². The molecule has 0 saturated heterocycles. The summed E-state index contributed by atoms with van der Waals surface area (Å²) < 4.78 is 0. The van der Waals surface area contributed by atoms with Crippen molar-refractivity contribution < 1.29 is 0 Å². The van der Waals surface area contributed by atoms with Crippen LogP contribution in [-0.2, 0) is 0 Å². The van der Waals surface area contributed by atoms with Crippen LogP contribution >= 0.6 is 44.8 Å². The zero-order chi connectivity index (χ0) is 32.1. The maximum atomic E-state index is 5.93.